The zero-order valence-electron chi connectivity index (χ0n) is 20.5. The number of ketones is 2. The van der Waals surface area contributed by atoms with Crippen LogP contribution in [0.1, 0.15) is 31.8 Å². The van der Waals surface area contributed by atoms with E-state index < -0.39 is 11.6 Å². The third kappa shape index (κ3) is 3.75. The second-order valence-electron chi connectivity index (χ2n) is 8.42. The fourth-order valence-electron chi connectivity index (χ4n) is 4.41. The van der Waals surface area contributed by atoms with Crippen molar-refractivity contribution in [2.24, 2.45) is 0 Å². The summed E-state index contributed by atoms with van der Waals surface area (Å²) >= 11 is 0. The number of nitrogen functional groups attached to an aromatic ring is 4. The standard InChI is InChI=1S/C28H24N4O6/c1-35-15-7-3-5-9-17(15)37-19-11-13(29)21-23(25(19)31)28(34)24-22(27(21)33)14(30)12-20(26(24)32)38-18-10-6-4-8-16(18)36-2/h3-12H,29-32H2,1-2H3. The van der Waals surface area contributed by atoms with Crippen molar-refractivity contribution in [2.45, 2.75) is 0 Å². The van der Waals surface area contributed by atoms with Crippen LogP contribution in [-0.2, 0) is 0 Å². The van der Waals surface area contributed by atoms with Crippen LogP contribution in [-0.4, -0.2) is 25.8 Å². The molecule has 10 heteroatoms. The van der Waals surface area contributed by atoms with Gasteiger partial charge in [-0.1, -0.05) is 24.3 Å². The smallest absolute Gasteiger partial charge is 0.199 e. The molecule has 0 saturated carbocycles. The van der Waals surface area contributed by atoms with Crippen molar-refractivity contribution in [1.29, 1.82) is 0 Å². The molecule has 1 aliphatic carbocycles. The van der Waals surface area contributed by atoms with Crippen LogP contribution in [0.3, 0.4) is 0 Å². The molecule has 192 valence electrons. The van der Waals surface area contributed by atoms with E-state index >= 15 is 0 Å². The van der Waals surface area contributed by atoms with Crippen molar-refractivity contribution in [3.05, 3.63) is 82.9 Å². The molecule has 8 N–H and O–H groups in total. The first-order valence-corrected chi connectivity index (χ1v) is 11.4. The highest BCUT2D eigenvalue weighted by atomic mass is 16.5. The topological polar surface area (TPSA) is 175 Å². The summed E-state index contributed by atoms with van der Waals surface area (Å²) in [5, 5.41) is 0. The van der Waals surface area contributed by atoms with Gasteiger partial charge in [-0.05, 0) is 24.3 Å². The van der Waals surface area contributed by atoms with Crippen LogP contribution in [0, 0.1) is 0 Å². The Hall–Kier alpha value is -5.38. The van der Waals surface area contributed by atoms with E-state index in [4.69, 9.17) is 41.9 Å². The lowest BCUT2D eigenvalue weighted by molar-refractivity contribution is 0.0981. The summed E-state index contributed by atoms with van der Waals surface area (Å²) in [6.07, 6.45) is 0. The Kier molecular flexibility index (Phi) is 5.92. The Bertz CT molecular complexity index is 1520. The van der Waals surface area contributed by atoms with E-state index in [0.29, 0.717) is 23.0 Å². The van der Waals surface area contributed by atoms with Crippen LogP contribution in [0.4, 0.5) is 22.7 Å². The highest BCUT2D eigenvalue weighted by molar-refractivity contribution is 6.35. The molecule has 1 aliphatic rings. The van der Waals surface area contributed by atoms with E-state index in [2.05, 4.69) is 0 Å². The first-order chi connectivity index (χ1) is 18.3. The Morgan fingerprint density at radius 3 is 1.21 bits per heavy atom. The maximum absolute atomic E-state index is 13.9. The maximum Gasteiger partial charge on any atom is 0.199 e. The summed E-state index contributed by atoms with van der Waals surface area (Å²) in [4.78, 5) is 27.5. The van der Waals surface area contributed by atoms with E-state index in [1.165, 1.54) is 26.4 Å². The molecule has 4 aromatic rings. The van der Waals surface area contributed by atoms with Crippen LogP contribution in [0.25, 0.3) is 0 Å². The lowest BCUT2D eigenvalue weighted by atomic mass is 9.80. The molecule has 0 aliphatic heterocycles. The largest absolute Gasteiger partial charge is 0.493 e. The van der Waals surface area contributed by atoms with Crippen molar-refractivity contribution >= 4 is 34.3 Å². The number of hydrogen-bond donors (Lipinski definition) is 4. The molecule has 10 nitrogen and oxygen atoms in total. The number of para-hydroxylation sites is 4. The van der Waals surface area contributed by atoms with Gasteiger partial charge in [0.2, 0.25) is 0 Å². The molecule has 0 unspecified atom stereocenters. The maximum atomic E-state index is 13.9. The van der Waals surface area contributed by atoms with Crippen molar-refractivity contribution in [3.63, 3.8) is 0 Å². The molecule has 0 amide bonds. The molecule has 0 spiro atoms. The third-order valence-electron chi connectivity index (χ3n) is 6.21. The SMILES string of the molecule is COc1ccccc1Oc1cc(N)c2c(c1N)C(=O)c1c(N)c(Oc3ccccc3OC)cc(N)c1C2=O. The summed E-state index contributed by atoms with van der Waals surface area (Å²) in [5.74, 6) is 0.470. The fourth-order valence-corrected chi connectivity index (χ4v) is 4.41. The summed E-state index contributed by atoms with van der Waals surface area (Å²) in [6, 6.07) is 16.5. The summed E-state index contributed by atoms with van der Waals surface area (Å²) in [5.41, 5.74) is 24.7. The van der Waals surface area contributed by atoms with Gasteiger partial charge in [0.05, 0.1) is 47.8 Å². The van der Waals surface area contributed by atoms with E-state index in [1.54, 1.807) is 48.5 Å². The van der Waals surface area contributed by atoms with Crippen molar-refractivity contribution in [3.8, 4) is 34.5 Å². The molecule has 38 heavy (non-hydrogen) atoms. The molecule has 0 aromatic heterocycles. The summed E-state index contributed by atoms with van der Waals surface area (Å²) in [6.45, 7) is 0. The molecular formula is C28H24N4O6. The molecule has 0 radical (unpaired) electrons. The number of hydrogen-bond acceptors (Lipinski definition) is 10. The van der Waals surface area contributed by atoms with Gasteiger partial charge in [-0.15, -0.1) is 0 Å². The first kappa shape index (κ1) is 24.3. The molecule has 0 fully saturated rings. The Balaban J connectivity index is 1.64. The predicted octanol–water partition coefficient (Wildman–Crippen LogP) is 4.39. The van der Waals surface area contributed by atoms with E-state index in [-0.39, 0.29) is 56.5 Å². The Morgan fingerprint density at radius 2 is 0.842 bits per heavy atom. The average Bonchev–Trinajstić information content (AvgIpc) is 2.91. The van der Waals surface area contributed by atoms with E-state index in [9.17, 15) is 9.59 Å². The number of carbonyl (C=O) groups is 2. The van der Waals surface area contributed by atoms with Gasteiger partial charge >= 0.3 is 0 Å². The molecule has 5 rings (SSSR count). The highest BCUT2D eigenvalue weighted by Gasteiger charge is 2.38. The van der Waals surface area contributed by atoms with Gasteiger partial charge in [0.1, 0.15) is 0 Å². The number of nitrogens with two attached hydrogens (primary N) is 4. The van der Waals surface area contributed by atoms with E-state index in [1.807, 2.05) is 0 Å². The highest BCUT2D eigenvalue weighted by Crippen LogP contribution is 2.47. The van der Waals surface area contributed by atoms with Crippen LogP contribution in [0.5, 0.6) is 34.5 Å². The van der Waals surface area contributed by atoms with Gasteiger partial charge < -0.3 is 41.9 Å². The minimum Gasteiger partial charge on any atom is -0.493 e. The van der Waals surface area contributed by atoms with Gasteiger partial charge in [0.25, 0.3) is 0 Å². The lowest BCUT2D eigenvalue weighted by Crippen LogP contribution is -2.26. The number of methoxy groups -OCH3 is 2. The fraction of sp³-hybridized carbons (Fsp3) is 0.0714. The van der Waals surface area contributed by atoms with Crippen LogP contribution in [0.2, 0.25) is 0 Å². The van der Waals surface area contributed by atoms with Crippen LogP contribution < -0.4 is 41.9 Å². The van der Waals surface area contributed by atoms with Gasteiger partial charge in [-0.2, -0.15) is 0 Å². The molecule has 0 heterocycles. The number of ether oxygens (including phenoxy) is 4. The van der Waals surface area contributed by atoms with Crippen molar-refractivity contribution in [1.82, 2.24) is 0 Å². The number of rotatable bonds is 6. The van der Waals surface area contributed by atoms with Crippen molar-refractivity contribution < 1.29 is 28.5 Å². The Labute approximate surface area is 217 Å². The number of benzene rings is 4. The van der Waals surface area contributed by atoms with Gasteiger partial charge in [-0.3, -0.25) is 9.59 Å². The van der Waals surface area contributed by atoms with Gasteiger partial charge in [0.15, 0.2) is 46.1 Å². The normalized spacial score (nSPS) is 11.9. The summed E-state index contributed by atoms with van der Waals surface area (Å²) < 4.78 is 22.5. The Morgan fingerprint density at radius 1 is 0.500 bits per heavy atom. The second-order valence-corrected chi connectivity index (χ2v) is 8.42. The molecular weight excluding hydrogens is 488 g/mol. The molecule has 0 atom stereocenters. The average molecular weight is 513 g/mol. The van der Waals surface area contributed by atoms with Crippen LogP contribution >= 0.6 is 0 Å². The van der Waals surface area contributed by atoms with Crippen molar-refractivity contribution in [2.75, 3.05) is 37.2 Å². The molecule has 0 bridgehead atoms. The zero-order valence-corrected chi connectivity index (χ0v) is 20.5. The molecule has 4 aromatic carbocycles. The first-order valence-electron chi connectivity index (χ1n) is 11.4. The minimum atomic E-state index is -0.640. The van der Waals surface area contributed by atoms with Crippen LogP contribution in [0.15, 0.2) is 60.7 Å². The monoisotopic (exact) mass is 512 g/mol. The van der Waals surface area contributed by atoms with Gasteiger partial charge in [0, 0.05) is 23.5 Å². The number of carbonyl (C=O) groups excluding carboxylic acids is 2. The molecule has 0 saturated heterocycles. The number of anilines is 4. The second kappa shape index (κ2) is 9.25. The van der Waals surface area contributed by atoms with E-state index in [0.717, 1.165) is 0 Å². The third-order valence-corrected chi connectivity index (χ3v) is 6.21. The zero-order chi connectivity index (χ0) is 27.1. The predicted molar refractivity (Wildman–Crippen MR) is 144 cm³/mol. The minimum absolute atomic E-state index is 0.00424. The lowest BCUT2D eigenvalue weighted by Gasteiger charge is -2.25. The quantitative estimate of drug-likeness (QED) is 0.239. The number of fused-ring (bicyclic) bond motifs is 2. The van der Waals surface area contributed by atoms with Gasteiger partial charge in [-0.25, -0.2) is 0 Å². The summed E-state index contributed by atoms with van der Waals surface area (Å²) in [7, 11) is 2.98.